The number of ether oxygens (including phenoxy) is 1. The maximum absolute atomic E-state index is 14.7. The summed E-state index contributed by atoms with van der Waals surface area (Å²) in [7, 11) is 0. The predicted octanol–water partition coefficient (Wildman–Crippen LogP) is 3.05. The molecule has 0 aliphatic heterocycles. The SMILES string of the molecule is NC(=O)N(/N=C/c1ccccc1F)c1ccc(Oc2ccnc(-n3cnnn3)c2)c(F)c1. The van der Waals surface area contributed by atoms with Crippen LogP contribution in [0.1, 0.15) is 5.56 Å². The van der Waals surface area contributed by atoms with E-state index in [1.54, 1.807) is 6.07 Å². The van der Waals surface area contributed by atoms with Gasteiger partial charge in [-0.25, -0.2) is 18.6 Å². The number of nitrogens with two attached hydrogens (primary N) is 1. The summed E-state index contributed by atoms with van der Waals surface area (Å²) in [6.07, 6.45) is 3.91. The topological polar surface area (TPSA) is 124 Å². The minimum absolute atomic E-state index is 0.0269. The van der Waals surface area contributed by atoms with Gasteiger partial charge in [0.05, 0.1) is 11.9 Å². The third kappa shape index (κ3) is 4.53. The number of benzene rings is 2. The zero-order chi connectivity index (χ0) is 22.5. The third-order valence-electron chi connectivity index (χ3n) is 4.11. The van der Waals surface area contributed by atoms with Crippen molar-refractivity contribution in [3.05, 3.63) is 84.3 Å². The maximum Gasteiger partial charge on any atom is 0.340 e. The van der Waals surface area contributed by atoms with E-state index in [1.807, 2.05) is 0 Å². The number of carbonyl (C=O) groups excluding carboxylic acids is 1. The van der Waals surface area contributed by atoms with Gasteiger partial charge in [0, 0.05) is 23.9 Å². The summed E-state index contributed by atoms with van der Waals surface area (Å²) in [5.41, 5.74) is 5.51. The van der Waals surface area contributed by atoms with Crippen LogP contribution in [0.3, 0.4) is 0 Å². The molecule has 0 aliphatic carbocycles. The second-order valence-electron chi connectivity index (χ2n) is 6.24. The van der Waals surface area contributed by atoms with Gasteiger partial charge in [-0.1, -0.05) is 18.2 Å². The molecule has 32 heavy (non-hydrogen) atoms. The van der Waals surface area contributed by atoms with Gasteiger partial charge < -0.3 is 10.5 Å². The summed E-state index contributed by atoms with van der Waals surface area (Å²) in [6.45, 7) is 0. The number of anilines is 1. The van der Waals surface area contributed by atoms with Gasteiger partial charge >= 0.3 is 6.03 Å². The van der Waals surface area contributed by atoms with E-state index in [-0.39, 0.29) is 22.7 Å². The van der Waals surface area contributed by atoms with Crippen LogP contribution in [0.25, 0.3) is 5.82 Å². The van der Waals surface area contributed by atoms with Gasteiger partial charge in [-0.05, 0) is 34.7 Å². The quantitative estimate of drug-likeness (QED) is 0.366. The number of aromatic nitrogens is 5. The molecular formula is C20H14F2N8O2. The lowest BCUT2D eigenvalue weighted by Gasteiger charge is -2.15. The molecule has 0 unspecified atom stereocenters. The summed E-state index contributed by atoms with van der Waals surface area (Å²) in [5.74, 6) is -0.789. The maximum atomic E-state index is 14.7. The van der Waals surface area contributed by atoms with E-state index in [9.17, 15) is 13.6 Å². The zero-order valence-corrected chi connectivity index (χ0v) is 16.2. The average molecular weight is 436 g/mol. The molecule has 0 atom stereocenters. The van der Waals surface area contributed by atoms with Crippen molar-refractivity contribution in [2.75, 3.05) is 5.01 Å². The highest BCUT2D eigenvalue weighted by molar-refractivity contribution is 5.93. The van der Waals surface area contributed by atoms with Gasteiger partial charge in [-0.15, -0.1) is 5.10 Å². The summed E-state index contributed by atoms with van der Waals surface area (Å²) in [4.78, 5) is 15.9. The Balaban J connectivity index is 1.56. The first-order chi connectivity index (χ1) is 15.5. The number of tetrazole rings is 1. The van der Waals surface area contributed by atoms with E-state index >= 15 is 0 Å². The number of hydrogen-bond acceptors (Lipinski definition) is 7. The number of carbonyl (C=O) groups is 1. The largest absolute Gasteiger partial charge is 0.454 e. The molecule has 0 bridgehead atoms. The van der Waals surface area contributed by atoms with Crippen molar-refractivity contribution in [2.24, 2.45) is 10.8 Å². The number of pyridine rings is 1. The fraction of sp³-hybridized carbons (Fsp3) is 0. The summed E-state index contributed by atoms with van der Waals surface area (Å²) >= 11 is 0. The Morgan fingerprint density at radius 3 is 2.69 bits per heavy atom. The standard InChI is InChI=1S/C20H14F2N8O2/c21-16-4-2-1-3-13(16)11-26-30(20(23)31)14-5-6-18(17(22)9-14)32-15-7-8-24-19(10-15)29-12-25-27-28-29/h1-12H,(H2,23,31)/b26-11+. The third-order valence-corrected chi connectivity index (χ3v) is 4.11. The van der Waals surface area contributed by atoms with Gasteiger partial charge in [0.1, 0.15) is 17.9 Å². The lowest BCUT2D eigenvalue weighted by Crippen LogP contribution is -2.31. The number of hydrogen-bond donors (Lipinski definition) is 1. The molecule has 0 saturated heterocycles. The molecule has 2 aromatic carbocycles. The highest BCUT2D eigenvalue weighted by atomic mass is 19.1. The predicted molar refractivity (Wildman–Crippen MR) is 109 cm³/mol. The highest BCUT2D eigenvalue weighted by Gasteiger charge is 2.15. The van der Waals surface area contributed by atoms with Gasteiger partial charge in [0.15, 0.2) is 17.4 Å². The smallest absolute Gasteiger partial charge is 0.340 e. The van der Waals surface area contributed by atoms with E-state index in [2.05, 4.69) is 25.6 Å². The molecule has 0 radical (unpaired) electrons. The van der Waals surface area contributed by atoms with E-state index in [1.165, 1.54) is 59.7 Å². The number of halogens is 2. The Bertz CT molecular complexity index is 1280. The van der Waals surface area contributed by atoms with Crippen molar-refractivity contribution >= 4 is 17.9 Å². The number of rotatable bonds is 6. The first-order valence-corrected chi connectivity index (χ1v) is 9.06. The zero-order valence-electron chi connectivity index (χ0n) is 16.2. The van der Waals surface area contributed by atoms with Crippen molar-refractivity contribution in [3.63, 3.8) is 0 Å². The minimum atomic E-state index is -0.981. The van der Waals surface area contributed by atoms with Gasteiger partial charge in [0.2, 0.25) is 0 Å². The van der Waals surface area contributed by atoms with E-state index in [0.29, 0.717) is 5.82 Å². The van der Waals surface area contributed by atoms with Crippen LogP contribution in [0.15, 0.2) is 72.2 Å². The molecule has 0 fully saturated rings. The Morgan fingerprint density at radius 1 is 1.12 bits per heavy atom. The Kier molecular flexibility index (Phi) is 5.74. The molecule has 10 nitrogen and oxygen atoms in total. The molecule has 2 aromatic heterocycles. The van der Waals surface area contributed by atoms with Gasteiger partial charge in [0.25, 0.3) is 0 Å². The average Bonchev–Trinajstić information content (AvgIpc) is 3.32. The second kappa shape index (κ2) is 8.95. The number of primary amides is 1. The molecule has 4 rings (SSSR count). The van der Waals surface area contributed by atoms with Crippen LogP contribution in [-0.4, -0.2) is 37.4 Å². The van der Waals surface area contributed by atoms with Crippen molar-refractivity contribution in [3.8, 4) is 17.3 Å². The van der Waals surface area contributed by atoms with Gasteiger partial charge in [-0.3, -0.25) is 0 Å². The molecule has 4 aromatic rings. The van der Waals surface area contributed by atoms with Crippen molar-refractivity contribution in [1.82, 2.24) is 25.2 Å². The number of hydrazone groups is 1. The molecule has 0 saturated carbocycles. The van der Waals surface area contributed by atoms with Gasteiger partial charge in [-0.2, -0.15) is 14.8 Å². The normalized spacial score (nSPS) is 10.9. The van der Waals surface area contributed by atoms with Crippen molar-refractivity contribution in [1.29, 1.82) is 0 Å². The summed E-state index contributed by atoms with van der Waals surface area (Å²) < 4.78 is 35.3. The summed E-state index contributed by atoms with van der Waals surface area (Å²) in [5, 5.41) is 15.4. The molecule has 160 valence electrons. The Morgan fingerprint density at radius 2 is 1.97 bits per heavy atom. The number of amides is 2. The Labute approximate surface area is 179 Å². The molecular weight excluding hydrogens is 422 g/mol. The first-order valence-electron chi connectivity index (χ1n) is 9.06. The second-order valence-corrected chi connectivity index (χ2v) is 6.24. The van der Waals surface area contributed by atoms with Crippen molar-refractivity contribution < 1.29 is 18.3 Å². The summed E-state index contributed by atoms with van der Waals surface area (Å²) in [6, 6.07) is 11.6. The van der Waals surface area contributed by atoms with E-state index in [4.69, 9.17) is 10.5 Å². The van der Waals surface area contributed by atoms with Crippen LogP contribution in [0.5, 0.6) is 11.5 Å². The fourth-order valence-corrected chi connectivity index (χ4v) is 2.64. The minimum Gasteiger partial charge on any atom is -0.454 e. The van der Waals surface area contributed by atoms with Crippen LogP contribution in [0.2, 0.25) is 0 Å². The van der Waals surface area contributed by atoms with E-state index < -0.39 is 17.7 Å². The molecule has 0 spiro atoms. The van der Waals surface area contributed by atoms with Crippen molar-refractivity contribution in [2.45, 2.75) is 0 Å². The molecule has 0 aliphatic rings. The fourth-order valence-electron chi connectivity index (χ4n) is 2.64. The number of nitrogens with zero attached hydrogens (tertiary/aromatic N) is 7. The van der Waals surface area contributed by atoms with E-state index in [0.717, 1.165) is 17.3 Å². The lowest BCUT2D eigenvalue weighted by molar-refractivity contribution is 0.254. The first kappa shape index (κ1) is 20.5. The molecule has 12 heteroatoms. The van der Waals surface area contributed by atoms with Crippen LogP contribution in [0, 0.1) is 11.6 Å². The molecule has 2 N–H and O–H groups in total. The molecule has 2 heterocycles. The Hall–Kier alpha value is -4.74. The van der Waals surface area contributed by atoms with Crippen LogP contribution in [0.4, 0.5) is 19.3 Å². The lowest BCUT2D eigenvalue weighted by atomic mass is 10.2. The van der Waals surface area contributed by atoms with Crippen LogP contribution >= 0.6 is 0 Å². The number of urea groups is 1. The highest BCUT2D eigenvalue weighted by Crippen LogP contribution is 2.28. The van der Waals surface area contributed by atoms with Crippen LogP contribution in [-0.2, 0) is 0 Å². The van der Waals surface area contributed by atoms with Crippen LogP contribution < -0.4 is 15.5 Å². The molecule has 2 amide bonds. The monoisotopic (exact) mass is 436 g/mol.